The summed E-state index contributed by atoms with van der Waals surface area (Å²) in [6, 6.07) is 10.8. The van der Waals surface area contributed by atoms with Crippen LogP contribution in [0.5, 0.6) is 5.75 Å². The van der Waals surface area contributed by atoms with E-state index in [4.69, 9.17) is 4.74 Å². The maximum absolute atomic E-state index is 5.73. The molecule has 2 nitrogen and oxygen atoms in total. The molecule has 0 fully saturated rings. The Morgan fingerprint density at radius 1 is 1.24 bits per heavy atom. The largest absolute Gasteiger partial charge is 0.490 e. The van der Waals surface area contributed by atoms with Crippen LogP contribution in [0.3, 0.4) is 0 Å². The molecule has 0 unspecified atom stereocenters. The Labute approximate surface area is 105 Å². The zero-order chi connectivity index (χ0) is 11.8. The van der Waals surface area contributed by atoms with E-state index >= 15 is 0 Å². The molecule has 0 spiro atoms. The lowest BCUT2D eigenvalue weighted by Gasteiger charge is -2.27. The van der Waals surface area contributed by atoms with Crippen LogP contribution in [0.4, 0.5) is 5.69 Å². The van der Waals surface area contributed by atoms with E-state index in [9.17, 15) is 0 Å². The first-order valence-electron chi connectivity index (χ1n) is 5.79. The fraction of sp³-hybridized carbons (Fsp3) is 0.286. The number of fused-ring (bicyclic) bond motifs is 1. The van der Waals surface area contributed by atoms with Crippen LogP contribution in [0.25, 0.3) is 10.4 Å². The Balaban J connectivity index is 2.03. The first kappa shape index (κ1) is 10.7. The van der Waals surface area contributed by atoms with E-state index in [2.05, 4.69) is 49.2 Å². The van der Waals surface area contributed by atoms with Crippen molar-refractivity contribution in [2.45, 2.75) is 6.92 Å². The van der Waals surface area contributed by atoms with Gasteiger partial charge in [-0.05, 0) is 36.8 Å². The van der Waals surface area contributed by atoms with Crippen LogP contribution < -0.4 is 9.64 Å². The molecule has 0 atom stereocenters. The third-order valence-corrected chi connectivity index (χ3v) is 4.13. The van der Waals surface area contributed by atoms with Gasteiger partial charge in [-0.25, -0.2) is 0 Å². The number of benzene rings is 1. The quantitative estimate of drug-likeness (QED) is 0.761. The number of hydrogen-bond acceptors (Lipinski definition) is 3. The number of nitrogens with zero attached hydrogens (tertiary/aromatic N) is 1. The maximum atomic E-state index is 5.73. The molecule has 0 saturated carbocycles. The number of hydrogen-bond donors (Lipinski definition) is 0. The summed E-state index contributed by atoms with van der Waals surface area (Å²) in [6.45, 7) is 3.87. The van der Waals surface area contributed by atoms with Gasteiger partial charge in [-0.3, -0.25) is 0 Å². The lowest BCUT2D eigenvalue weighted by Crippen LogP contribution is -2.28. The van der Waals surface area contributed by atoms with Crippen LogP contribution in [0.2, 0.25) is 0 Å². The molecule has 3 heteroatoms. The molecular weight excluding hydrogens is 230 g/mol. The molecule has 2 heterocycles. The van der Waals surface area contributed by atoms with Gasteiger partial charge in [0.1, 0.15) is 12.4 Å². The van der Waals surface area contributed by atoms with Crippen LogP contribution in [-0.2, 0) is 0 Å². The Morgan fingerprint density at radius 2 is 2.12 bits per heavy atom. The predicted molar refractivity (Wildman–Crippen MR) is 73.3 cm³/mol. The SMILES string of the molecule is Cc1ccc(-c2ccc3c(c2)OCCN3C)s1. The summed E-state index contributed by atoms with van der Waals surface area (Å²) in [5, 5.41) is 0. The molecule has 0 aliphatic carbocycles. The van der Waals surface area contributed by atoms with E-state index in [1.54, 1.807) is 0 Å². The lowest BCUT2D eigenvalue weighted by atomic mass is 10.1. The first-order chi connectivity index (χ1) is 8.24. The molecule has 1 aromatic carbocycles. The van der Waals surface area contributed by atoms with Gasteiger partial charge in [0.05, 0.1) is 12.2 Å². The van der Waals surface area contributed by atoms with Gasteiger partial charge in [0.15, 0.2) is 0 Å². The number of rotatable bonds is 1. The molecule has 1 aromatic heterocycles. The molecule has 0 N–H and O–H groups in total. The smallest absolute Gasteiger partial charge is 0.143 e. The van der Waals surface area contributed by atoms with Gasteiger partial charge in [0, 0.05) is 16.8 Å². The normalized spacial score (nSPS) is 14.4. The summed E-state index contributed by atoms with van der Waals surface area (Å²) in [5.41, 5.74) is 2.44. The lowest BCUT2D eigenvalue weighted by molar-refractivity contribution is 0.311. The number of thiophene rings is 1. The second-order valence-electron chi connectivity index (χ2n) is 4.36. The van der Waals surface area contributed by atoms with Crippen LogP contribution in [0.1, 0.15) is 4.88 Å². The minimum Gasteiger partial charge on any atom is -0.490 e. The second-order valence-corrected chi connectivity index (χ2v) is 5.65. The van der Waals surface area contributed by atoms with Gasteiger partial charge < -0.3 is 9.64 Å². The zero-order valence-electron chi connectivity index (χ0n) is 10.1. The van der Waals surface area contributed by atoms with Crippen molar-refractivity contribution in [3.05, 3.63) is 35.2 Å². The minimum absolute atomic E-state index is 0.774. The molecule has 1 aliphatic rings. The fourth-order valence-corrected chi connectivity index (χ4v) is 2.96. The summed E-state index contributed by atoms with van der Waals surface area (Å²) in [6.07, 6.45) is 0. The van der Waals surface area contributed by atoms with E-state index in [0.717, 1.165) is 18.9 Å². The standard InChI is InChI=1S/C14H15NOS/c1-10-3-6-14(17-10)11-4-5-12-13(9-11)16-8-7-15(12)2/h3-6,9H,7-8H2,1-2H3. The van der Waals surface area contributed by atoms with Gasteiger partial charge in [0.2, 0.25) is 0 Å². The van der Waals surface area contributed by atoms with Gasteiger partial charge >= 0.3 is 0 Å². The van der Waals surface area contributed by atoms with Crippen LogP contribution in [0, 0.1) is 6.92 Å². The van der Waals surface area contributed by atoms with Crippen molar-refractivity contribution in [2.75, 3.05) is 25.1 Å². The highest BCUT2D eigenvalue weighted by Crippen LogP contribution is 2.36. The summed E-state index contributed by atoms with van der Waals surface area (Å²) in [5.74, 6) is 1.00. The minimum atomic E-state index is 0.774. The molecule has 2 aromatic rings. The van der Waals surface area contributed by atoms with Crippen molar-refractivity contribution < 1.29 is 4.74 Å². The monoisotopic (exact) mass is 245 g/mol. The summed E-state index contributed by atoms with van der Waals surface area (Å²) in [4.78, 5) is 4.89. The average molecular weight is 245 g/mol. The van der Waals surface area contributed by atoms with Gasteiger partial charge in [0.25, 0.3) is 0 Å². The van der Waals surface area contributed by atoms with Crippen molar-refractivity contribution in [3.63, 3.8) is 0 Å². The van der Waals surface area contributed by atoms with E-state index in [-0.39, 0.29) is 0 Å². The van der Waals surface area contributed by atoms with Crippen molar-refractivity contribution in [1.29, 1.82) is 0 Å². The van der Waals surface area contributed by atoms with Crippen LogP contribution in [0.15, 0.2) is 30.3 Å². The molecular formula is C14H15NOS. The number of aryl methyl sites for hydroxylation is 1. The van der Waals surface area contributed by atoms with E-state index in [1.807, 2.05) is 11.3 Å². The third kappa shape index (κ3) is 1.91. The molecule has 3 rings (SSSR count). The number of likely N-dealkylation sites (N-methyl/N-ethyl adjacent to an activating group) is 1. The highest BCUT2D eigenvalue weighted by atomic mass is 32.1. The number of anilines is 1. The summed E-state index contributed by atoms with van der Waals surface area (Å²) >= 11 is 1.82. The Morgan fingerprint density at radius 3 is 2.88 bits per heavy atom. The Bertz CT molecular complexity index is 547. The summed E-state index contributed by atoms with van der Waals surface area (Å²) < 4.78 is 5.73. The highest BCUT2D eigenvalue weighted by Gasteiger charge is 2.15. The number of ether oxygens (including phenoxy) is 1. The van der Waals surface area contributed by atoms with Crippen LogP contribution in [-0.4, -0.2) is 20.2 Å². The molecule has 0 radical (unpaired) electrons. The van der Waals surface area contributed by atoms with Crippen molar-refractivity contribution in [1.82, 2.24) is 0 Å². The first-order valence-corrected chi connectivity index (χ1v) is 6.60. The van der Waals surface area contributed by atoms with E-state index in [1.165, 1.54) is 21.0 Å². The van der Waals surface area contributed by atoms with Crippen molar-refractivity contribution in [3.8, 4) is 16.2 Å². The van der Waals surface area contributed by atoms with Gasteiger partial charge in [-0.15, -0.1) is 11.3 Å². The highest BCUT2D eigenvalue weighted by molar-refractivity contribution is 7.15. The Kier molecular flexibility index (Phi) is 2.56. The van der Waals surface area contributed by atoms with E-state index < -0.39 is 0 Å². The molecule has 0 amide bonds. The Hall–Kier alpha value is -1.48. The van der Waals surface area contributed by atoms with E-state index in [0.29, 0.717) is 0 Å². The summed E-state index contributed by atoms with van der Waals surface area (Å²) in [7, 11) is 2.11. The van der Waals surface area contributed by atoms with Gasteiger partial charge in [-0.2, -0.15) is 0 Å². The van der Waals surface area contributed by atoms with Crippen LogP contribution >= 0.6 is 11.3 Å². The second kappa shape index (κ2) is 4.08. The third-order valence-electron chi connectivity index (χ3n) is 3.08. The van der Waals surface area contributed by atoms with Crippen molar-refractivity contribution in [2.24, 2.45) is 0 Å². The molecule has 0 bridgehead atoms. The average Bonchev–Trinajstić information content (AvgIpc) is 2.76. The maximum Gasteiger partial charge on any atom is 0.143 e. The molecule has 17 heavy (non-hydrogen) atoms. The topological polar surface area (TPSA) is 12.5 Å². The molecule has 88 valence electrons. The zero-order valence-corrected chi connectivity index (χ0v) is 10.9. The predicted octanol–water partition coefficient (Wildman–Crippen LogP) is 3.55. The van der Waals surface area contributed by atoms with Crippen molar-refractivity contribution >= 4 is 17.0 Å². The fourth-order valence-electron chi connectivity index (χ4n) is 2.10. The van der Waals surface area contributed by atoms with Gasteiger partial charge in [-0.1, -0.05) is 6.07 Å². The molecule has 1 aliphatic heterocycles. The molecule has 0 saturated heterocycles.